The molecule has 0 aliphatic heterocycles. The Morgan fingerprint density at radius 2 is 1.09 bits per heavy atom. The first-order chi connectivity index (χ1) is 15.7. The van der Waals surface area contributed by atoms with Crippen LogP contribution in [0.1, 0.15) is 59.4 Å². The number of aryl methyl sites for hydroxylation is 6. The zero-order chi connectivity index (χ0) is 21.7. The predicted molar refractivity (Wildman–Crippen MR) is 130 cm³/mol. The maximum Gasteiger partial charge on any atom is 0.262 e. The van der Waals surface area contributed by atoms with Crippen LogP contribution in [-0.2, 0) is 38.8 Å². The molecule has 0 saturated carbocycles. The maximum absolute atomic E-state index is 13.3. The number of hydrogen-bond acceptors (Lipinski definition) is 6. The summed E-state index contributed by atoms with van der Waals surface area (Å²) in [7, 11) is 0. The fourth-order valence-electron chi connectivity index (χ4n) is 5.25. The van der Waals surface area contributed by atoms with E-state index in [-0.39, 0.29) is 11.1 Å². The summed E-state index contributed by atoms with van der Waals surface area (Å²) in [5, 5.41) is 1.61. The van der Waals surface area contributed by atoms with Gasteiger partial charge in [-0.15, -0.1) is 22.7 Å². The van der Waals surface area contributed by atoms with Crippen molar-refractivity contribution in [1.29, 1.82) is 0 Å². The number of rotatable bonds is 3. The fourth-order valence-corrected chi connectivity index (χ4v) is 7.69. The molecule has 2 aliphatic rings. The van der Waals surface area contributed by atoms with Crippen LogP contribution in [0.3, 0.4) is 0 Å². The van der Waals surface area contributed by atoms with Crippen LogP contribution in [0.5, 0.6) is 0 Å². The van der Waals surface area contributed by atoms with Gasteiger partial charge >= 0.3 is 0 Å². The Hall–Kier alpha value is -2.32. The molecule has 0 fully saturated rings. The summed E-state index contributed by atoms with van der Waals surface area (Å²) in [6, 6.07) is 0. The Labute approximate surface area is 193 Å². The van der Waals surface area contributed by atoms with Gasteiger partial charge in [-0.25, -0.2) is 9.97 Å². The van der Waals surface area contributed by atoms with Gasteiger partial charge < -0.3 is 0 Å². The molecule has 166 valence electrons. The third-order valence-electron chi connectivity index (χ3n) is 6.97. The molecule has 2 aliphatic carbocycles. The largest absolute Gasteiger partial charge is 0.297 e. The van der Waals surface area contributed by atoms with Gasteiger partial charge in [-0.3, -0.25) is 18.7 Å². The number of fused-ring (bicyclic) bond motifs is 6. The van der Waals surface area contributed by atoms with E-state index in [1.807, 2.05) is 0 Å². The number of hydrogen-bond donors (Lipinski definition) is 0. The van der Waals surface area contributed by atoms with Crippen LogP contribution in [-0.4, -0.2) is 19.1 Å². The van der Waals surface area contributed by atoms with Crippen molar-refractivity contribution in [2.24, 2.45) is 0 Å². The van der Waals surface area contributed by atoms with Crippen molar-refractivity contribution in [2.75, 3.05) is 0 Å². The van der Waals surface area contributed by atoms with Crippen LogP contribution >= 0.6 is 22.7 Å². The summed E-state index contributed by atoms with van der Waals surface area (Å²) in [6.07, 6.45) is 14.5. The molecule has 0 saturated heterocycles. The molecule has 32 heavy (non-hydrogen) atoms. The minimum Gasteiger partial charge on any atom is -0.297 e. The lowest BCUT2D eigenvalue weighted by Gasteiger charge is -2.09. The molecule has 0 amide bonds. The van der Waals surface area contributed by atoms with Crippen molar-refractivity contribution in [3.05, 3.63) is 54.2 Å². The van der Waals surface area contributed by atoms with Crippen LogP contribution in [0.4, 0.5) is 0 Å². The smallest absolute Gasteiger partial charge is 0.262 e. The lowest BCUT2D eigenvalue weighted by Crippen LogP contribution is -2.27. The Bertz CT molecular complexity index is 1330. The standard InChI is InChI=1S/C24H26N4O2S2/c29-23-19-15-7-3-1-5-9-17(15)31-21(19)25-13-27(23)11-12-28-14-26-22-20(24(28)30)16-8-4-2-6-10-18(16)32-22/h13-14H,1-12H2. The quantitative estimate of drug-likeness (QED) is 0.418. The highest BCUT2D eigenvalue weighted by atomic mass is 32.1. The van der Waals surface area contributed by atoms with Crippen molar-refractivity contribution in [3.8, 4) is 0 Å². The number of aromatic nitrogens is 4. The molecule has 0 N–H and O–H groups in total. The Kier molecular flexibility index (Phi) is 5.22. The van der Waals surface area contributed by atoms with E-state index < -0.39 is 0 Å². The minimum absolute atomic E-state index is 0.0286. The Morgan fingerprint density at radius 3 is 1.56 bits per heavy atom. The van der Waals surface area contributed by atoms with E-state index in [9.17, 15) is 9.59 Å². The first kappa shape index (κ1) is 20.3. The predicted octanol–water partition coefficient (Wildman–Crippen LogP) is 4.47. The SMILES string of the molecule is O=c1c2c3c(sc2ncn1CCn1cnc2sc4c(c2c1=O)CCCCC4)CCCCC3. The van der Waals surface area contributed by atoms with Crippen LogP contribution in [0.25, 0.3) is 20.4 Å². The zero-order valence-corrected chi connectivity index (χ0v) is 19.7. The summed E-state index contributed by atoms with van der Waals surface area (Å²) < 4.78 is 3.34. The van der Waals surface area contributed by atoms with E-state index in [2.05, 4.69) is 9.97 Å². The van der Waals surface area contributed by atoms with E-state index in [1.165, 1.54) is 46.6 Å². The van der Waals surface area contributed by atoms with Crippen molar-refractivity contribution in [1.82, 2.24) is 19.1 Å². The van der Waals surface area contributed by atoms with Crippen molar-refractivity contribution < 1.29 is 0 Å². The zero-order valence-electron chi connectivity index (χ0n) is 18.1. The van der Waals surface area contributed by atoms with Gasteiger partial charge in [-0.1, -0.05) is 12.8 Å². The molecule has 4 aromatic rings. The summed E-state index contributed by atoms with van der Waals surface area (Å²) >= 11 is 3.36. The summed E-state index contributed by atoms with van der Waals surface area (Å²) in [4.78, 5) is 40.2. The summed E-state index contributed by atoms with van der Waals surface area (Å²) in [5.41, 5.74) is 2.49. The molecule has 0 bridgehead atoms. The number of thiophene rings is 2. The molecular formula is C24H26N4O2S2. The normalized spacial score (nSPS) is 16.6. The molecule has 4 heterocycles. The highest BCUT2D eigenvalue weighted by Gasteiger charge is 2.21. The van der Waals surface area contributed by atoms with Crippen molar-refractivity contribution in [3.63, 3.8) is 0 Å². The monoisotopic (exact) mass is 466 g/mol. The van der Waals surface area contributed by atoms with Gasteiger partial charge in [0, 0.05) is 22.8 Å². The maximum atomic E-state index is 13.3. The lowest BCUT2D eigenvalue weighted by molar-refractivity contribution is 0.547. The van der Waals surface area contributed by atoms with Crippen LogP contribution < -0.4 is 11.1 Å². The van der Waals surface area contributed by atoms with Gasteiger partial charge in [0.1, 0.15) is 9.66 Å². The molecular weight excluding hydrogens is 440 g/mol. The summed E-state index contributed by atoms with van der Waals surface area (Å²) in [5.74, 6) is 0. The molecule has 4 aromatic heterocycles. The highest BCUT2D eigenvalue weighted by Crippen LogP contribution is 2.33. The van der Waals surface area contributed by atoms with E-state index in [0.29, 0.717) is 13.1 Å². The van der Waals surface area contributed by atoms with Gasteiger partial charge in [0.05, 0.1) is 23.4 Å². The van der Waals surface area contributed by atoms with Crippen molar-refractivity contribution >= 4 is 43.1 Å². The van der Waals surface area contributed by atoms with E-state index in [0.717, 1.165) is 59.0 Å². The first-order valence-electron chi connectivity index (χ1n) is 11.7. The topological polar surface area (TPSA) is 69.8 Å². The third kappa shape index (κ3) is 3.35. The molecule has 8 heteroatoms. The molecule has 6 nitrogen and oxygen atoms in total. The molecule has 0 atom stereocenters. The fraction of sp³-hybridized carbons (Fsp3) is 0.500. The van der Waals surface area contributed by atoms with Gasteiger partial charge in [0.25, 0.3) is 11.1 Å². The minimum atomic E-state index is 0.0286. The summed E-state index contributed by atoms with van der Waals surface area (Å²) in [6.45, 7) is 0.845. The average molecular weight is 467 g/mol. The van der Waals surface area contributed by atoms with Gasteiger partial charge in [-0.05, 0) is 62.5 Å². The molecule has 0 unspecified atom stereocenters. The molecule has 6 rings (SSSR count). The van der Waals surface area contributed by atoms with Gasteiger partial charge in [-0.2, -0.15) is 0 Å². The molecule has 0 spiro atoms. The second-order valence-electron chi connectivity index (χ2n) is 8.98. The Morgan fingerprint density at radius 1 is 0.656 bits per heavy atom. The molecule has 0 radical (unpaired) electrons. The van der Waals surface area contributed by atoms with Gasteiger partial charge in [0.2, 0.25) is 0 Å². The first-order valence-corrected chi connectivity index (χ1v) is 13.3. The number of nitrogens with zero attached hydrogens (tertiary/aromatic N) is 4. The lowest BCUT2D eigenvalue weighted by atomic mass is 10.1. The van der Waals surface area contributed by atoms with Crippen molar-refractivity contribution in [2.45, 2.75) is 77.3 Å². The average Bonchev–Trinajstić information content (AvgIpc) is 3.11. The second kappa shape index (κ2) is 8.23. The highest BCUT2D eigenvalue weighted by molar-refractivity contribution is 7.19. The Balaban J connectivity index is 1.34. The third-order valence-corrected chi connectivity index (χ3v) is 9.37. The molecule has 0 aromatic carbocycles. The van der Waals surface area contributed by atoms with Crippen LogP contribution in [0.15, 0.2) is 22.2 Å². The van der Waals surface area contributed by atoms with Crippen LogP contribution in [0.2, 0.25) is 0 Å². The van der Waals surface area contributed by atoms with E-state index in [4.69, 9.17) is 0 Å². The van der Waals surface area contributed by atoms with E-state index >= 15 is 0 Å². The van der Waals surface area contributed by atoms with Gasteiger partial charge in [0.15, 0.2) is 0 Å². The van der Waals surface area contributed by atoms with E-state index in [1.54, 1.807) is 44.5 Å². The van der Waals surface area contributed by atoms with Crippen LogP contribution in [0, 0.1) is 0 Å². The second-order valence-corrected chi connectivity index (χ2v) is 11.1.